The van der Waals surface area contributed by atoms with Crippen molar-refractivity contribution < 1.29 is 23.9 Å². The summed E-state index contributed by atoms with van der Waals surface area (Å²) in [6, 6.07) is 12.9. The molecule has 2 aromatic carbocycles. The lowest BCUT2D eigenvalue weighted by atomic mass is 10.1. The number of esters is 1. The van der Waals surface area contributed by atoms with E-state index in [1.165, 1.54) is 13.8 Å². The smallest absolute Gasteiger partial charge is 0.307 e. The van der Waals surface area contributed by atoms with Crippen LogP contribution in [0, 0.1) is 0 Å². The fourth-order valence-electron chi connectivity index (χ4n) is 2.44. The van der Waals surface area contributed by atoms with E-state index in [4.69, 9.17) is 16.3 Å². The summed E-state index contributed by atoms with van der Waals surface area (Å²) in [5.41, 5.74) is 1.16. The number of carbonyl (C=O) groups excluding carboxylic acids is 4. The van der Waals surface area contributed by atoms with Crippen molar-refractivity contribution in [3.8, 4) is 0 Å². The van der Waals surface area contributed by atoms with Gasteiger partial charge in [0.2, 0.25) is 0 Å². The number of rotatable bonds is 8. The molecule has 0 aromatic heterocycles. The lowest BCUT2D eigenvalue weighted by molar-refractivity contribution is -0.153. The molecule has 0 saturated heterocycles. The van der Waals surface area contributed by atoms with Gasteiger partial charge in [-0.25, -0.2) is 0 Å². The van der Waals surface area contributed by atoms with Gasteiger partial charge in [0.25, 0.3) is 5.91 Å². The number of Topliss-reactive ketones (excluding diaryl/α,β-unsaturated/α-hetero) is 2. The van der Waals surface area contributed by atoms with E-state index in [0.717, 1.165) is 0 Å². The van der Waals surface area contributed by atoms with Gasteiger partial charge in [-0.1, -0.05) is 23.7 Å². The summed E-state index contributed by atoms with van der Waals surface area (Å²) in [6.45, 7) is 2.82. The molecule has 1 amide bonds. The first-order valence-corrected chi connectivity index (χ1v) is 9.05. The van der Waals surface area contributed by atoms with E-state index >= 15 is 0 Å². The number of carbonyl (C=O) groups is 4. The Morgan fingerprint density at radius 1 is 1.00 bits per heavy atom. The van der Waals surface area contributed by atoms with E-state index < -0.39 is 18.0 Å². The maximum atomic E-state index is 12.2. The van der Waals surface area contributed by atoms with Crippen LogP contribution in [0.3, 0.4) is 0 Å². The highest BCUT2D eigenvalue weighted by atomic mass is 35.5. The second kappa shape index (κ2) is 9.80. The highest BCUT2D eigenvalue weighted by Crippen LogP contribution is 2.16. The second-order valence-electron chi connectivity index (χ2n) is 6.15. The minimum absolute atomic E-state index is 0.0397. The number of hydrogen-bond donors (Lipinski definition) is 1. The quantitative estimate of drug-likeness (QED) is 0.531. The molecule has 0 heterocycles. The molecule has 0 aliphatic carbocycles. The Morgan fingerprint density at radius 2 is 1.64 bits per heavy atom. The van der Waals surface area contributed by atoms with Gasteiger partial charge < -0.3 is 10.1 Å². The van der Waals surface area contributed by atoms with Gasteiger partial charge in [-0.3, -0.25) is 19.2 Å². The predicted molar refractivity (Wildman–Crippen MR) is 106 cm³/mol. The first-order chi connectivity index (χ1) is 13.3. The van der Waals surface area contributed by atoms with Gasteiger partial charge in [0.1, 0.15) is 0 Å². The van der Waals surface area contributed by atoms with Gasteiger partial charge in [0.15, 0.2) is 17.7 Å². The van der Waals surface area contributed by atoms with Crippen LogP contribution in [0.2, 0.25) is 5.02 Å². The van der Waals surface area contributed by atoms with Crippen LogP contribution in [0.5, 0.6) is 0 Å². The Labute approximate surface area is 167 Å². The van der Waals surface area contributed by atoms with Crippen LogP contribution >= 0.6 is 11.6 Å². The Bertz CT molecular complexity index is 892. The molecule has 1 atom stereocenters. The van der Waals surface area contributed by atoms with E-state index in [0.29, 0.717) is 21.8 Å². The Hall–Kier alpha value is -2.99. The predicted octanol–water partition coefficient (Wildman–Crippen LogP) is 4.08. The third kappa shape index (κ3) is 6.03. The van der Waals surface area contributed by atoms with Crippen molar-refractivity contribution in [2.45, 2.75) is 32.8 Å². The summed E-state index contributed by atoms with van der Waals surface area (Å²) in [6.07, 6.45) is -1.26. The molecule has 28 heavy (non-hydrogen) atoms. The first kappa shape index (κ1) is 21.3. The number of benzene rings is 2. The van der Waals surface area contributed by atoms with Crippen LogP contribution in [0.4, 0.5) is 5.69 Å². The molecule has 146 valence electrons. The number of anilines is 1. The van der Waals surface area contributed by atoms with Crippen molar-refractivity contribution in [2.75, 3.05) is 5.32 Å². The summed E-state index contributed by atoms with van der Waals surface area (Å²) in [5, 5.41) is 3.09. The molecule has 2 aromatic rings. The van der Waals surface area contributed by atoms with Crippen molar-refractivity contribution >= 4 is 40.7 Å². The molecular formula is C21H20ClNO5. The Balaban J connectivity index is 1.86. The van der Waals surface area contributed by atoms with Crippen molar-refractivity contribution in [1.82, 2.24) is 0 Å². The third-order valence-electron chi connectivity index (χ3n) is 3.96. The summed E-state index contributed by atoms with van der Waals surface area (Å²) < 4.78 is 5.08. The Morgan fingerprint density at radius 3 is 2.29 bits per heavy atom. The van der Waals surface area contributed by atoms with Gasteiger partial charge in [-0.15, -0.1) is 0 Å². The van der Waals surface area contributed by atoms with E-state index in [2.05, 4.69) is 5.32 Å². The molecule has 1 unspecified atom stereocenters. The lowest BCUT2D eigenvalue weighted by Crippen LogP contribution is -2.30. The van der Waals surface area contributed by atoms with Crippen LogP contribution in [-0.4, -0.2) is 29.5 Å². The summed E-state index contributed by atoms with van der Waals surface area (Å²) in [5.74, 6) is -1.64. The van der Waals surface area contributed by atoms with Gasteiger partial charge in [0, 0.05) is 22.6 Å². The molecule has 1 N–H and O–H groups in total. The van der Waals surface area contributed by atoms with E-state index in [9.17, 15) is 19.2 Å². The number of amides is 1. The molecule has 0 aliphatic rings. The lowest BCUT2D eigenvalue weighted by Gasteiger charge is -2.15. The molecule has 2 rings (SSSR count). The topological polar surface area (TPSA) is 89.5 Å². The second-order valence-corrected chi connectivity index (χ2v) is 6.59. The highest BCUT2D eigenvalue weighted by Gasteiger charge is 2.20. The van der Waals surface area contributed by atoms with Crippen LogP contribution in [0.1, 0.15) is 47.4 Å². The normalized spacial score (nSPS) is 11.4. The van der Waals surface area contributed by atoms with Gasteiger partial charge in [0.05, 0.1) is 12.1 Å². The zero-order chi connectivity index (χ0) is 20.7. The zero-order valence-electron chi connectivity index (χ0n) is 15.5. The van der Waals surface area contributed by atoms with Crippen molar-refractivity contribution in [3.05, 3.63) is 64.7 Å². The van der Waals surface area contributed by atoms with Crippen LogP contribution < -0.4 is 5.32 Å². The monoisotopic (exact) mass is 401 g/mol. The molecular weight excluding hydrogens is 382 g/mol. The average molecular weight is 402 g/mol. The number of hydrogen-bond acceptors (Lipinski definition) is 5. The molecule has 7 heteroatoms. The standard InChI is InChI=1S/C21H20ClNO5/c1-13(24)17-5-3-4-6-18(17)23-21(27)14(2)28-20(26)12-11-19(25)15-7-9-16(22)10-8-15/h3-10,14H,11-12H2,1-2H3,(H,23,27). The molecule has 6 nitrogen and oxygen atoms in total. The number of para-hydroxylation sites is 1. The molecule has 0 saturated carbocycles. The third-order valence-corrected chi connectivity index (χ3v) is 4.22. The number of ketones is 2. The summed E-state index contributed by atoms with van der Waals surface area (Å²) >= 11 is 5.77. The van der Waals surface area contributed by atoms with Crippen molar-refractivity contribution in [3.63, 3.8) is 0 Å². The zero-order valence-corrected chi connectivity index (χ0v) is 16.3. The fraction of sp³-hybridized carbons (Fsp3) is 0.238. The highest BCUT2D eigenvalue weighted by molar-refractivity contribution is 6.30. The van der Waals surface area contributed by atoms with Crippen molar-refractivity contribution in [2.24, 2.45) is 0 Å². The van der Waals surface area contributed by atoms with Gasteiger partial charge in [-0.2, -0.15) is 0 Å². The molecule has 0 radical (unpaired) electrons. The summed E-state index contributed by atoms with van der Waals surface area (Å²) in [7, 11) is 0. The summed E-state index contributed by atoms with van der Waals surface area (Å²) in [4.78, 5) is 47.8. The first-order valence-electron chi connectivity index (χ1n) is 8.67. The fourth-order valence-corrected chi connectivity index (χ4v) is 2.56. The van der Waals surface area contributed by atoms with Crippen molar-refractivity contribution in [1.29, 1.82) is 0 Å². The number of halogens is 1. The van der Waals surface area contributed by atoms with Crippen LogP contribution in [0.15, 0.2) is 48.5 Å². The van der Waals surface area contributed by atoms with E-state index in [1.54, 1.807) is 48.5 Å². The van der Waals surface area contributed by atoms with Gasteiger partial charge >= 0.3 is 5.97 Å². The van der Waals surface area contributed by atoms with Crippen LogP contribution in [-0.2, 0) is 14.3 Å². The SMILES string of the molecule is CC(=O)c1ccccc1NC(=O)C(C)OC(=O)CCC(=O)c1ccc(Cl)cc1. The van der Waals surface area contributed by atoms with Gasteiger partial charge in [-0.05, 0) is 50.2 Å². The van der Waals surface area contributed by atoms with Crippen LogP contribution in [0.25, 0.3) is 0 Å². The molecule has 0 spiro atoms. The minimum atomic E-state index is -1.07. The maximum absolute atomic E-state index is 12.2. The molecule has 0 bridgehead atoms. The molecule has 0 aliphatic heterocycles. The maximum Gasteiger partial charge on any atom is 0.307 e. The number of ether oxygens (including phenoxy) is 1. The largest absolute Gasteiger partial charge is 0.453 e. The van der Waals surface area contributed by atoms with E-state index in [-0.39, 0.29) is 24.4 Å². The number of nitrogens with one attached hydrogen (secondary N) is 1. The Kier molecular flexibility index (Phi) is 7.46. The van der Waals surface area contributed by atoms with E-state index in [1.807, 2.05) is 0 Å². The molecule has 0 fully saturated rings. The minimum Gasteiger partial charge on any atom is -0.453 e. The average Bonchev–Trinajstić information content (AvgIpc) is 2.66.